The van der Waals surface area contributed by atoms with Crippen molar-refractivity contribution in [1.29, 1.82) is 0 Å². The number of carbonyl (C=O) groups excluding carboxylic acids is 1. The van der Waals surface area contributed by atoms with Crippen LogP contribution >= 0.6 is 0 Å². The van der Waals surface area contributed by atoms with Gasteiger partial charge in [-0.15, -0.1) is 0 Å². The monoisotopic (exact) mass is 353 g/mol. The summed E-state index contributed by atoms with van der Waals surface area (Å²) in [5, 5.41) is 7.80. The lowest BCUT2D eigenvalue weighted by molar-refractivity contribution is 0.0943. The molecule has 1 aliphatic carbocycles. The Bertz CT molecular complexity index is 739. The summed E-state index contributed by atoms with van der Waals surface area (Å²) >= 11 is 0. The van der Waals surface area contributed by atoms with Crippen molar-refractivity contribution in [3.05, 3.63) is 46.8 Å². The molecule has 3 rings (SSSR count). The maximum Gasteiger partial charge on any atom is 0.251 e. The summed E-state index contributed by atoms with van der Waals surface area (Å²) in [4.78, 5) is 12.4. The van der Waals surface area contributed by atoms with Gasteiger partial charge in [0.25, 0.3) is 5.91 Å². The molecular formula is C22H31N3O. The van der Waals surface area contributed by atoms with Gasteiger partial charge >= 0.3 is 0 Å². The van der Waals surface area contributed by atoms with Crippen molar-refractivity contribution in [2.45, 2.75) is 65.7 Å². The molecule has 0 saturated heterocycles. The van der Waals surface area contributed by atoms with Crippen molar-refractivity contribution in [2.24, 2.45) is 5.92 Å². The largest absolute Gasteiger partial charge is 0.352 e. The van der Waals surface area contributed by atoms with Gasteiger partial charge in [-0.25, -0.2) is 4.68 Å². The fraction of sp³-hybridized carbons (Fsp3) is 0.545. The minimum absolute atomic E-state index is 0.0298. The second-order valence-corrected chi connectivity index (χ2v) is 7.57. The average Bonchev–Trinajstić information content (AvgIpc) is 2.96. The van der Waals surface area contributed by atoms with Gasteiger partial charge in [0.05, 0.1) is 11.4 Å². The fourth-order valence-electron chi connectivity index (χ4n) is 4.02. The van der Waals surface area contributed by atoms with Crippen LogP contribution in [0.1, 0.15) is 72.8 Å². The van der Waals surface area contributed by atoms with Crippen molar-refractivity contribution >= 4 is 5.91 Å². The predicted octanol–water partition coefficient (Wildman–Crippen LogP) is 4.75. The maximum absolute atomic E-state index is 12.4. The third kappa shape index (κ3) is 4.17. The molecule has 1 N–H and O–H groups in total. The summed E-state index contributed by atoms with van der Waals surface area (Å²) in [7, 11) is 0. The number of aryl methyl sites for hydroxylation is 1. The molecule has 140 valence electrons. The number of hydrogen-bond donors (Lipinski definition) is 1. The second kappa shape index (κ2) is 8.52. The standard InChI is InChI=1S/C22H31N3O/c1-4-8-21-16(2)24-25(17(21)3)20-13-11-19(12-14-20)22(26)23-15-18-9-6-5-7-10-18/h11-14,18H,4-10,15H2,1-3H3,(H,23,26). The topological polar surface area (TPSA) is 46.9 Å². The first kappa shape index (κ1) is 18.7. The third-order valence-corrected chi connectivity index (χ3v) is 5.59. The number of nitrogens with zero attached hydrogens (tertiary/aromatic N) is 2. The van der Waals surface area contributed by atoms with Crippen LogP contribution in [0.2, 0.25) is 0 Å². The molecule has 0 spiro atoms. The van der Waals surface area contributed by atoms with Crippen molar-refractivity contribution in [2.75, 3.05) is 6.54 Å². The molecule has 1 amide bonds. The number of nitrogens with one attached hydrogen (secondary N) is 1. The molecule has 1 fully saturated rings. The smallest absolute Gasteiger partial charge is 0.251 e. The number of benzene rings is 1. The van der Waals surface area contributed by atoms with E-state index in [9.17, 15) is 4.79 Å². The summed E-state index contributed by atoms with van der Waals surface area (Å²) in [5.74, 6) is 0.681. The molecule has 0 radical (unpaired) electrons. The minimum Gasteiger partial charge on any atom is -0.352 e. The van der Waals surface area contributed by atoms with Crippen molar-refractivity contribution in [1.82, 2.24) is 15.1 Å². The molecule has 1 aliphatic rings. The molecule has 1 saturated carbocycles. The number of amides is 1. The molecule has 4 heteroatoms. The van der Waals surface area contributed by atoms with E-state index in [1.165, 1.54) is 43.4 Å². The lowest BCUT2D eigenvalue weighted by atomic mass is 9.89. The van der Waals surface area contributed by atoms with Gasteiger partial charge in [0.1, 0.15) is 0 Å². The van der Waals surface area contributed by atoms with E-state index in [0.717, 1.165) is 36.3 Å². The van der Waals surface area contributed by atoms with E-state index in [4.69, 9.17) is 0 Å². The zero-order chi connectivity index (χ0) is 18.5. The zero-order valence-electron chi connectivity index (χ0n) is 16.3. The van der Waals surface area contributed by atoms with Gasteiger partial charge in [0, 0.05) is 17.8 Å². The van der Waals surface area contributed by atoms with E-state index in [1.54, 1.807) is 0 Å². The highest BCUT2D eigenvalue weighted by atomic mass is 16.1. The fourth-order valence-corrected chi connectivity index (χ4v) is 4.02. The minimum atomic E-state index is 0.0298. The first-order valence-electron chi connectivity index (χ1n) is 10.0. The van der Waals surface area contributed by atoms with Gasteiger partial charge in [0.15, 0.2) is 0 Å². The Morgan fingerprint density at radius 2 is 1.85 bits per heavy atom. The lowest BCUT2D eigenvalue weighted by Crippen LogP contribution is -2.30. The maximum atomic E-state index is 12.4. The predicted molar refractivity (Wildman–Crippen MR) is 106 cm³/mol. The molecule has 1 aromatic heterocycles. The van der Waals surface area contributed by atoms with Crippen LogP contribution in [0.5, 0.6) is 0 Å². The zero-order valence-corrected chi connectivity index (χ0v) is 16.3. The van der Waals surface area contributed by atoms with Crippen LogP contribution in [0.15, 0.2) is 24.3 Å². The molecule has 0 atom stereocenters. The van der Waals surface area contributed by atoms with Crippen LogP contribution in [0.25, 0.3) is 5.69 Å². The van der Waals surface area contributed by atoms with Gasteiger partial charge in [-0.2, -0.15) is 5.10 Å². The molecule has 1 heterocycles. The SMILES string of the molecule is CCCc1c(C)nn(-c2ccc(C(=O)NCC3CCCCC3)cc2)c1C. The Labute approximate surface area is 157 Å². The van der Waals surface area contributed by atoms with E-state index in [0.29, 0.717) is 5.92 Å². The molecule has 0 bridgehead atoms. The van der Waals surface area contributed by atoms with E-state index >= 15 is 0 Å². The van der Waals surface area contributed by atoms with E-state index < -0.39 is 0 Å². The number of hydrogen-bond acceptors (Lipinski definition) is 2. The summed E-state index contributed by atoms with van der Waals surface area (Å²) in [6.45, 7) is 7.19. The van der Waals surface area contributed by atoms with Crippen LogP contribution in [-0.4, -0.2) is 22.2 Å². The van der Waals surface area contributed by atoms with Crippen molar-refractivity contribution < 1.29 is 4.79 Å². The summed E-state index contributed by atoms with van der Waals surface area (Å²) in [5.41, 5.74) is 5.36. The van der Waals surface area contributed by atoms with Crippen LogP contribution in [0.4, 0.5) is 0 Å². The highest BCUT2D eigenvalue weighted by molar-refractivity contribution is 5.94. The highest BCUT2D eigenvalue weighted by Crippen LogP contribution is 2.23. The summed E-state index contributed by atoms with van der Waals surface area (Å²) in [6.07, 6.45) is 8.62. The van der Waals surface area contributed by atoms with Crippen molar-refractivity contribution in [3.63, 3.8) is 0 Å². The van der Waals surface area contributed by atoms with Gasteiger partial charge < -0.3 is 5.32 Å². The Hall–Kier alpha value is -2.10. The molecule has 4 nitrogen and oxygen atoms in total. The van der Waals surface area contributed by atoms with Crippen LogP contribution in [0, 0.1) is 19.8 Å². The normalized spacial score (nSPS) is 15.2. The number of rotatable bonds is 6. The Balaban J connectivity index is 1.66. The third-order valence-electron chi connectivity index (χ3n) is 5.59. The van der Waals surface area contributed by atoms with Crippen LogP contribution in [0.3, 0.4) is 0 Å². The summed E-state index contributed by atoms with van der Waals surface area (Å²) < 4.78 is 1.99. The van der Waals surface area contributed by atoms with E-state index in [-0.39, 0.29) is 5.91 Å². The Kier molecular flexibility index (Phi) is 6.12. The average molecular weight is 354 g/mol. The second-order valence-electron chi connectivity index (χ2n) is 7.57. The van der Waals surface area contributed by atoms with E-state index in [2.05, 4.69) is 31.2 Å². The first-order chi connectivity index (χ1) is 12.6. The highest BCUT2D eigenvalue weighted by Gasteiger charge is 2.16. The van der Waals surface area contributed by atoms with Crippen LogP contribution < -0.4 is 5.32 Å². The summed E-state index contributed by atoms with van der Waals surface area (Å²) in [6, 6.07) is 7.79. The van der Waals surface area contributed by atoms with Gasteiger partial charge in [-0.3, -0.25) is 4.79 Å². The molecule has 0 aliphatic heterocycles. The van der Waals surface area contributed by atoms with Crippen LogP contribution in [-0.2, 0) is 6.42 Å². The lowest BCUT2D eigenvalue weighted by Gasteiger charge is -2.21. The number of aromatic nitrogens is 2. The first-order valence-corrected chi connectivity index (χ1v) is 10.0. The van der Waals surface area contributed by atoms with Gasteiger partial charge in [-0.1, -0.05) is 32.6 Å². The Morgan fingerprint density at radius 1 is 1.15 bits per heavy atom. The van der Waals surface area contributed by atoms with Crippen molar-refractivity contribution in [3.8, 4) is 5.69 Å². The molecule has 1 aromatic carbocycles. The molecule has 2 aromatic rings. The molecule has 0 unspecified atom stereocenters. The van der Waals surface area contributed by atoms with Gasteiger partial charge in [-0.05, 0) is 68.9 Å². The molecule has 26 heavy (non-hydrogen) atoms. The Morgan fingerprint density at radius 3 is 2.50 bits per heavy atom. The van der Waals surface area contributed by atoms with Gasteiger partial charge in [0.2, 0.25) is 0 Å². The van der Waals surface area contributed by atoms with E-state index in [1.807, 2.05) is 28.9 Å². The molecular weight excluding hydrogens is 322 g/mol. The number of carbonyl (C=O) groups is 1. The quantitative estimate of drug-likeness (QED) is 0.814.